The predicted molar refractivity (Wildman–Crippen MR) is 87.6 cm³/mol. The topological polar surface area (TPSA) is 49.3 Å². The monoisotopic (exact) mass is 311 g/mol. The summed E-state index contributed by atoms with van der Waals surface area (Å²) in [6, 6.07) is 2.06. The van der Waals surface area contributed by atoms with Gasteiger partial charge in [0.2, 0.25) is 0 Å². The smallest absolute Gasteiger partial charge is 0.261 e. The Hall–Kier alpha value is -0.960. The molecule has 2 N–H and O–H groups in total. The fourth-order valence-corrected chi connectivity index (χ4v) is 3.12. The first-order valence-electron chi connectivity index (χ1n) is 6.58. The standard InChI is InChI=1S/C15H21NO2S2/c1-11-10-14(20-13(11)6-4-5-8-17)15(18)16-12(2)7-9-19-3/h10,12,17H,5,7-9H2,1-3H3,(H,16,18). The van der Waals surface area contributed by atoms with Gasteiger partial charge in [0.05, 0.1) is 16.4 Å². The van der Waals surface area contributed by atoms with Crippen molar-refractivity contribution in [2.45, 2.75) is 32.7 Å². The van der Waals surface area contributed by atoms with Gasteiger partial charge in [-0.25, -0.2) is 0 Å². The van der Waals surface area contributed by atoms with Crippen LogP contribution >= 0.6 is 23.1 Å². The average Bonchev–Trinajstić information content (AvgIpc) is 2.78. The molecule has 3 nitrogen and oxygen atoms in total. The van der Waals surface area contributed by atoms with Crippen molar-refractivity contribution in [3.8, 4) is 11.8 Å². The van der Waals surface area contributed by atoms with Gasteiger partial charge < -0.3 is 10.4 Å². The molecule has 0 aliphatic heterocycles. The number of carbonyl (C=O) groups excluding carboxylic acids is 1. The van der Waals surface area contributed by atoms with Crippen molar-refractivity contribution in [1.82, 2.24) is 5.32 Å². The van der Waals surface area contributed by atoms with Gasteiger partial charge in [0.25, 0.3) is 5.91 Å². The molecule has 20 heavy (non-hydrogen) atoms. The SMILES string of the molecule is CSCCC(C)NC(=O)c1cc(C)c(C#CCCO)s1. The summed E-state index contributed by atoms with van der Waals surface area (Å²) in [7, 11) is 0. The van der Waals surface area contributed by atoms with Crippen molar-refractivity contribution in [3.63, 3.8) is 0 Å². The van der Waals surface area contributed by atoms with Gasteiger partial charge >= 0.3 is 0 Å². The second kappa shape index (κ2) is 9.06. The fraction of sp³-hybridized carbons (Fsp3) is 0.533. The number of aryl methyl sites for hydroxylation is 1. The van der Waals surface area contributed by atoms with Crippen LogP contribution in [0.1, 0.15) is 39.9 Å². The number of amides is 1. The highest BCUT2D eigenvalue weighted by Crippen LogP contribution is 2.21. The van der Waals surface area contributed by atoms with Crippen LogP contribution in [0.25, 0.3) is 0 Å². The lowest BCUT2D eigenvalue weighted by Crippen LogP contribution is -2.32. The molecule has 5 heteroatoms. The lowest BCUT2D eigenvalue weighted by molar-refractivity contribution is 0.0943. The Morgan fingerprint density at radius 3 is 3.00 bits per heavy atom. The van der Waals surface area contributed by atoms with Gasteiger partial charge in [-0.05, 0) is 43.9 Å². The number of thioether (sulfide) groups is 1. The maximum atomic E-state index is 12.1. The zero-order chi connectivity index (χ0) is 15.0. The van der Waals surface area contributed by atoms with E-state index in [0.717, 1.165) is 22.6 Å². The van der Waals surface area contributed by atoms with Gasteiger partial charge in [-0.2, -0.15) is 11.8 Å². The molecule has 1 aromatic heterocycles. The fourth-order valence-electron chi connectivity index (χ4n) is 1.58. The molecule has 1 aromatic rings. The Bertz CT molecular complexity index is 500. The first-order chi connectivity index (χ1) is 9.58. The number of carbonyl (C=O) groups is 1. The number of rotatable bonds is 6. The van der Waals surface area contributed by atoms with Crippen molar-refractivity contribution < 1.29 is 9.90 Å². The quantitative estimate of drug-likeness (QED) is 0.794. The van der Waals surface area contributed by atoms with E-state index in [1.165, 1.54) is 11.3 Å². The number of aliphatic hydroxyl groups excluding tert-OH is 1. The highest BCUT2D eigenvalue weighted by atomic mass is 32.2. The van der Waals surface area contributed by atoms with Crippen molar-refractivity contribution in [3.05, 3.63) is 21.4 Å². The molecule has 0 spiro atoms. The Balaban J connectivity index is 2.66. The highest BCUT2D eigenvalue weighted by Gasteiger charge is 2.13. The molecule has 1 atom stereocenters. The third-order valence-electron chi connectivity index (χ3n) is 2.71. The Labute approximate surface area is 129 Å². The highest BCUT2D eigenvalue weighted by molar-refractivity contribution is 7.98. The average molecular weight is 311 g/mol. The largest absolute Gasteiger partial charge is 0.395 e. The minimum absolute atomic E-state index is 0.0260. The van der Waals surface area contributed by atoms with E-state index in [2.05, 4.69) is 23.4 Å². The Morgan fingerprint density at radius 2 is 2.35 bits per heavy atom. The minimum atomic E-state index is -0.0260. The number of thiophene rings is 1. The molecular weight excluding hydrogens is 290 g/mol. The van der Waals surface area contributed by atoms with Gasteiger partial charge in [0, 0.05) is 12.5 Å². The third kappa shape index (κ3) is 5.58. The van der Waals surface area contributed by atoms with E-state index in [4.69, 9.17) is 5.11 Å². The zero-order valence-corrected chi connectivity index (χ0v) is 13.8. The first-order valence-corrected chi connectivity index (χ1v) is 8.79. The summed E-state index contributed by atoms with van der Waals surface area (Å²) in [4.78, 5) is 13.7. The molecule has 0 aliphatic rings. The molecule has 0 aromatic carbocycles. The molecule has 0 radical (unpaired) electrons. The van der Waals surface area contributed by atoms with Crippen LogP contribution in [0.3, 0.4) is 0 Å². The lowest BCUT2D eigenvalue weighted by atomic mass is 10.2. The van der Waals surface area contributed by atoms with Crippen LogP contribution in [0, 0.1) is 18.8 Å². The van der Waals surface area contributed by atoms with Crippen LogP contribution in [0.5, 0.6) is 0 Å². The molecular formula is C15H21NO2S2. The maximum Gasteiger partial charge on any atom is 0.261 e. The van der Waals surface area contributed by atoms with Crippen LogP contribution < -0.4 is 5.32 Å². The second-order valence-electron chi connectivity index (χ2n) is 4.55. The second-order valence-corrected chi connectivity index (χ2v) is 6.59. The van der Waals surface area contributed by atoms with Gasteiger partial charge in [-0.1, -0.05) is 11.8 Å². The van der Waals surface area contributed by atoms with E-state index in [-0.39, 0.29) is 18.6 Å². The van der Waals surface area contributed by atoms with Crippen LogP contribution in [0.15, 0.2) is 6.07 Å². The zero-order valence-electron chi connectivity index (χ0n) is 12.2. The van der Waals surface area contributed by atoms with E-state index in [0.29, 0.717) is 11.3 Å². The molecule has 0 saturated heterocycles. The lowest BCUT2D eigenvalue weighted by Gasteiger charge is -2.11. The molecule has 0 aliphatic carbocycles. The molecule has 0 fully saturated rings. The molecule has 1 rings (SSSR count). The third-order valence-corrected chi connectivity index (χ3v) is 4.51. The molecule has 110 valence electrons. The summed E-state index contributed by atoms with van der Waals surface area (Å²) in [5.74, 6) is 6.91. The summed E-state index contributed by atoms with van der Waals surface area (Å²) in [5.41, 5.74) is 1.02. The molecule has 1 heterocycles. The number of nitrogens with one attached hydrogen (secondary N) is 1. The van der Waals surface area contributed by atoms with E-state index < -0.39 is 0 Å². The first kappa shape index (κ1) is 17.1. The van der Waals surface area contributed by atoms with Crippen LogP contribution in [0.4, 0.5) is 0 Å². The number of hydrogen-bond donors (Lipinski definition) is 2. The molecule has 0 saturated carbocycles. The minimum Gasteiger partial charge on any atom is -0.395 e. The normalized spacial score (nSPS) is 11.6. The predicted octanol–water partition coefficient (Wildman–Crippen LogP) is 2.66. The summed E-state index contributed by atoms with van der Waals surface area (Å²) < 4.78 is 0. The Morgan fingerprint density at radius 1 is 1.60 bits per heavy atom. The summed E-state index contributed by atoms with van der Waals surface area (Å²) in [6.07, 6.45) is 3.50. The molecule has 1 amide bonds. The Kier molecular flexibility index (Phi) is 7.75. The summed E-state index contributed by atoms with van der Waals surface area (Å²) in [6.45, 7) is 4.04. The van der Waals surface area contributed by atoms with Crippen LogP contribution in [0.2, 0.25) is 0 Å². The van der Waals surface area contributed by atoms with E-state index >= 15 is 0 Å². The van der Waals surface area contributed by atoms with Crippen molar-refractivity contribution in [1.29, 1.82) is 0 Å². The maximum absolute atomic E-state index is 12.1. The van der Waals surface area contributed by atoms with Crippen molar-refractivity contribution in [2.24, 2.45) is 0 Å². The van der Waals surface area contributed by atoms with Gasteiger partial charge in [0.1, 0.15) is 0 Å². The molecule has 0 bridgehead atoms. The van der Waals surface area contributed by atoms with E-state index in [1.54, 1.807) is 11.8 Å². The van der Waals surface area contributed by atoms with Crippen LogP contribution in [-0.4, -0.2) is 35.7 Å². The number of hydrogen-bond acceptors (Lipinski definition) is 4. The van der Waals surface area contributed by atoms with E-state index in [1.807, 2.05) is 19.9 Å². The van der Waals surface area contributed by atoms with Gasteiger partial charge in [0.15, 0.2) is 0 Å². The van der Waals surface area contributed by atoms with Gasteiger partial charge in [-0.15, -0.1) is 11.3 Å². The molecule has 1 unspecified atom stereocenters. The van der Waals surface area contributed by atoms with Gasteiger partial charge in [-0.3, -0.25) is 4.79 Å². The van der Waals surface area contributed by atoms with Crippen molar-refractivity contribution >= 4 is 29.0 Å². The number of aliphatic hydroxyl groups is 1. The summed E-state index contributed by atoms with van der Waals surface area (Å²) in [5, 5.41) is 11.7. The van der Waals surface area contributed by atoms with E-state index in [9.17, 15) is 4.79 Å². The van der Waals surface area contributed by atoms with Crippen LogP contribution in [-0.2, 0) is 0 Å². The van der Waals surface area contributed by atoms with Crippen molar-refractivity contribution in [2.75, 3.05) is 18.6 Å². The summed E-state index contributed by atoms with van der Waals surface area (Å²) >= 11 is 3.19.